The lowest BCUT2D eigenvalue weighted by Crippen LogP contribution is -2.39. The van der Waals surface area contributed by atoms with Gasteiger partial charge in [-0.05, 0) is 24.6 Å². The summed E-state index contributed by atoms with van der Waals surface area (Å²) in [5, 5.41) is 5.58. The van der Waals surface area contributed by atoms with Crippen molar-refractivity contribution in [3.05, 3.63) is 23.8 Å². The molecular formula is C16H26ClN3O3. The van der Waals surface area contributed by atoms with Crippen molar-refractivity contribution in [2.75, 3.05) is 24.4 Å². The number of hydrogen-bond donors (Lipinski definition) is 3. The van der Waals surface area contributed by atoms with Crippen molar-refractivity contribution in [3.63, 3.8) is 0 Å². The van der Waals surface area contributed by atoms with Gasteiger partial charge in [0.2, 0.25) is 11.8 Å². The molecule has 1 rings (SSSR count). The number of nitrogens with one attached hydrogen (secondary N) is 2. The molecule has 0 saturated carbocycles. The third kappa shape index (κ3) is 6.56. The number of aryl methyl sites for hydroxylation is 1. The lowest BCUT2D eigenvalue weighted by molar-refractivity contribution is -0.123. The normalized spacial score (nSPS) is 12.1. The van der Waals surface area contributed by atoms with Crippen molar-refractivity contribution in [2.24, 2.45) is 11.1 Å². The Bertz CT molecular complexity index is 556. The van der Waals surface area contributed by atoms with Gasteiger partial charge < -0.3 is 21.1 Å². The lowest BCUT2D eigenvalue weighted by Gasteiger charge is -2.19. The summed E-state index contributed by atoms with van der Waals surface area (Å²) < 4.78 is 4.86. The fourth-order valence-electron chi connectivity index (χ4n) is 1.63. The molecule has 0 aliphatic carbocycles. The van der Waals surface area contributed by atoms with Gasteiger partial charge in [0, 0.05) is 23.9 Å². The van der Waals surface area contributed by atoms with E-state index in [0.29, 0.717) is 11.4 Å². The maximum absolute atomic E-state index is 12.0. The molecule has 1 unspecified atom stereocenters. The van der Waals surface area contributed by atoms with Gasteiger partial charge in [-0.15, -0.1) is 12.4 Å². The molecule has 0 heterocycles. The van der Waals surface area contributed by atoms with Gasteiger partial charge in [-0.3, -0.25) is 9.59 Å². The SMILES string of the molecule is COCC(N)C(=O)Nc1cc(NC(=O)C(C)(C)C)ccc1C.Cl. The molecule has 0 aliphatic rings. The predicted molar refractivity (Wildman–Crippen MR) is 95.0 cm³/mol. The van der Waals surface area contributed by atoms with Crippen molar-refractivity contribution < 1.29 is 14.3 Å². The van der Waals surface area contributed by atoms with Gasteiger partial charge in [-0.1, -0.05) is 26.8 Å². The van der Waals surface area contributed by atoms with E-state index in [-0.39, 0.29) is 30.8 Å². The van der Waals surface area contributed by atoms with E-state index in [9.17, 15) is 9.59 Å². The van der Waals surface area contributed by atoms with Crippen LogP contribution < -0.4 is 16.4 Å². The Morgan fingerprint density at radius 3 is 2.39 bits per heavy atom. The fraction of sp³-hybridized carbons (Fsp3) is 0.500. The molecule has 0 radical (unpaired) electrons. The van der Waals surface area contributed by atoms with Crippen LogP contribution in [0.3, 0.4) is 0 Å². The Morgan fingerprint density at radius 2 is 1.87 bits per heavy atom. The van der Waals surface area contributed by atoms with Crippen LogP contribution >= 0.6 is 12.4 Å². The highest BCUT2D eigenvalue weighted by atomic mass is 35.5. The first-order valence-corrected chi connectivity index (χ1v) is 7.12. The van der Waals surface area contributed by atoms with Crippen LogP contribution in [0.1, 0.15) is 26.3 Å². The molecule has 0 aliphatic heterocycles. The first-order valence-electron chi connectivity index (χ1n) is 7.12. The Morgan fingerprint density at radius 1 is 1.26 bits per heavy atom. The number of halogens is 1. The zero-order valence-corrected chi connectivity index (χ0v) is 15.0. The van der Waals surface area contributed by atoms with E-state index in [1.807, 2.05) is 33.8 Å². The van der Waals surface area contributed by atoms with E-state index >= 15 is 0 Å². The summed E-state index contributed by atoms with van der Waals surface area (Å²) in [5.41, 5.74) is 7.33. The summed E-state index contributed by atoms with van der Waals surface area (Å²) in [6.07, 6.45) is 0. The van der Waals surface area contributed by atoms with Crippen molar-refractivity contribution in [1.29, 1.82) is 0 Å². The third-order valence-electron chi connectivity index (χ3n) is 3.12. The smallest absolute Gasteiger partial charge is 0.243 e. The van der Waals surface area contributed by atoms with Crippen LogP contribution in [0.2, 0.25) is 0 Å². The molecule has 1 atom stereocenters. The molecule has 130 valence electrons. The number of ether oxygens (including phenoxy) is 1. The van der Waals surface area contributed by atoms with Crippen LogP contribution in [0, 0.1) is 12.3 Å². The van der Waals surface area contributed by atoms with Gasteiger partial charge in [0.1, 0.15) is 6.04 Å². The molecule has 0 saturated heterocycles. The average molecular weight is 344 g/mol. The molecule has 6 nitrogen and oxygen atoms in total. The molecule has 0 bridgehead atoms. The van der Waals surface area contributed by atoms with Crippen LogP contribution in [0.15, 0.2) is 18.2 Å². The highest BCUT2D eigenvalue weighted by molar-refractivity contribution is 5.98. The maximum atomic E-state index is 12.0. The molecule has 23 heavy (non-hydrogen) atoms. The minimum absolute atomic E-state index is 0. The Hall–Kier alpha value is -1.63. The second-order valence-electron chi connectivity index (χ2n) is 6.28. The second-order valence-corrected chi connectivity index (χ2v) is 6.28. The van der Waals surface area contributed by atoms with Gasteiger partial charge in [-0.25, -0.2) is 0 Å². The number of hydrogen-bond acceptors (Lipinski definition) is 4. The first-order chi connectivity index (χ1) is 10.1. The van der Waals surface area contributed by atoms with Crippen molar-refractivity contribution in [1.82, 2.24) is 0 Å². The van der Waals surface area contributed by atoms with Crippen LogP contribution in [-0.2, 0) is 14.3 Å². The highest BCUT2D eigenvalue weighted by Crippen LogP contribution is 2.23. The summed E-state index contributed by atoms with van der Waals surface area (Å²) in [7, 11) is 1.49. The molecule has 2 amide bonds. The molecule has 4 N–H and O–H groups in total. The number of nitrogens with two attached hydrogens (primary N) is 1. The number of benzene rings is 1. The zero-order chi connectivity index (χ0) is 16.9. The van der Waals surface area contributed by atoms with E-state index < -0.39 is 11.5 Å². The Kier molecular flexibility index (Phi) is 8.23. The zero-order valence-electron chi connectivity index (χ0n) is 14.2. The topological polar surface area (TPSA) is 93.4 Å². The van der Waals surface area contributed by atoms with Crippen molar-refractivity contribution in [3.8, 4) is 0 Å². The number of carbonyl (C=O) groups excluding carboxylic acids is 2. The summed E-state index contributed by atoms with van der Waals surface area (Å²) in [5.74, 6) is -0.422. The molecule has 0 fully saturated rings. The second kappa shape index (κ2) is 8.86. The van der Waals surface area contributed by atoms with E-state index in [2.05, 4.69) is 10.6 Å². The quantitative estimate of drug-likeness (QED) is 0.764. The molecular weight excluding hydrogens is 318 g/mol. The minimum atomic E-state index is -0.739. The van der Waals surface area contributed by atoms with Crippen LogP contribution in [0.4, 0.5) is 11.4 Å². The van der Waals surface area contributed by atoms with Gasteiger partial charge in [0.05, 0.1) is 6.61 Å². The summed E-state index contributed by atoms with van der Waals surface area (Å²) in [6, 6.07) is 4.60. The van der Waals surface area contributed by atoms with Crippen LogP contribution in [-0.4, -0.2) is 31.6 Å². The molecule has 1 aromatic carbocycles. The van der Waals surface area contributed by atoms with Crippen molar-refractivity contribution >= 4 is 35.6 Å². The van der Waals surface area contributed by atoms with Gasteiger partial charge in [0.25, 0.3) is 0 Å². The Balaban J connectivity index is 0.00000484. The number of carbonyl (C=O) groups is 2. The summed E-state index contributed by atoms with van der Waals surface area (Å²) in [4.78, 5) is 24.0. The summed E-state index contributed by atoms with van der Waals surface area (Å²) >= 11 is 0. The number of methoxy groups -OCH3 is 1. The predicted octanol–water partition coefficient (Wildman–Crippen LogP) is 2.31. The monoisotopic (exact) mass is 343 g/mol. The fourth-order valence-corrected chi connectivity index (χ4v) is 1.63. The number of amides is 2. The standard InChI is InChI=1S/C16H25N3O3.ClH/c1-10-6-7-11(18-15(21)16(2,3)4)8-13(10)19-14(20)12(17)9-22-5;/h6-8,12H,9,17H2,1-5H3,(H,18,21)(H,19,20);1H. The third-order valence-corrected chi connectivity index (χ3v) is 3.12. The van der Waals surface area contributed by atoms with Crippen molar-refractivity contribution in [2.45, 2.75) is 33.7 Å². The van der Waals surface area contributed by atoms with E-state index in [0.717, 1.165) is 5.56 Å². The van der Waals surface area contributed by atoms with Crippen LogP contribution in [0.25, 0.3) is 0 Å². The lowest BCUT2D eigenvalue weighted by atomic mass is 9.95. The molecule has 0 spiro atoms. The minimum Gasteiger partial charge on any atom is -0.383 e. The van der Waals surface area contributed by atoms with Gasteiger partial charge in [0.15, 0.2) is 0 Å². The van der Waals surface area contributed by atoms with Gasteiger partial charge in [-0.2, -0.15) is 0 Å². The molecule has 1 aromatic rings. The number of anilines is 2. The number of rotatable bonds is 5. The largest absolute Gasteiger partial charge is 0.383 e. The van der Waals surface area contributed by atoms with E-state index in [1.165, 1.54) is 7.11 Å². The van der Waals surface area contributed by atoms with Gasteiger partial charge >= 0.3 is 0 Å². The average Bonchev–Trinajstić information content (AvgIpc) is 2.41. The van der Waals surface area contributed by atoms with E-state index in [4.69, 9.17) is 10.5 Å². The molecule has 0 aromatic heterocycles. The first kappa shape index (κ1) is 21.4. The maximum Gasteiger partial charge on any atom is 0.243 e. The van der Waals surface area contributed by atoms with E-state index in [1.54, 1.807) is 12.1 Å². The Labute approximate surface area is 143 Å². The van der Waals surface area contributed by atoms with Crippen LogP contribution in [0.5, 0.6) is 0 Å². The molecule has 7 heteroatoms. The highest BCUT2D eigenvalue weighted by Gasteiger charge is 2.21. The summed E-state index contributed by atoms with van der Waals surface area (Å²) in [6.45, 7) is 7.52.